The third kappa shape index (κ3) is 4.86. The molecule has 0 bridgehead atoms. The normalized spacial score (nSPS) is 13.1. The number of anilines is 2. The van der Waals surface area contributed by atoms with Crippen molar-refractivity contribution < 1.29 is 27.5 Å². The molecular formula is C20H22N2O6S. The summed E-state index contributed by atoms with van der Waals surface area (Å²) in [6.45, 7) is 3.74. The molecule has 0 atom stereocenters. The number of sulfone groups is 1. The van der Waals surface area contributed by atoms with E-state index in [9.17, 15) is 18.0 Å². The van der Waals surface area contributed by atoms with Crippen LogP contribution in [0.3, 0.4) is 0 Å². The van der Waals surface area contributed by atoms with Crippen LogP contribution in [0.25, 0.3) is 0 Å². The fourth-order valence-electron chi connectivity index (χ4n) is 2.95. The standard InChI is InChI=1S/C20H22N2O6S/c1-3-27-16-7-5-4-6-14(16)21-19(23)8-9-29(25,26)18-11-17-15(10-13(18)2)22-20(24)12-28-17/h4-7,10-11H,3,8-9,12H2,1-2H3,(H,21,23)(H,22,24). The molecule has 2 amide bonds. The van der Waals surface area contributed by atoms with Crippen LogP contribution < -0.4 is 20.1 Å². The third-order valence-electron chi connectivity index (χ3n) is 4.30. The van der Waals surface area contributed by atoms with E-state index in [1.54, 1.807) is 37.3 Å². The van der Waals surface area contributed by atoms with Crippen molar-refractivity contribution in [2.75, 3.05) is 29.6 Å². The van der Waals surface area contributed by atoms with E-state index in [0.717, 1.165) is 0 Å². The van der Waals surface area contributed by atoms with E-state index >= 15 is 0 Å². The Kier molecular flexibility index (Phi) is 6.07. The van der Waals surface area contributed by atoms with Crippen molar-refractivity contribution in [2.45, 2.75) is 25.2 Å². The number of hydrogen-bond donors (Lipinski definition) is 2. The first-order chi connectivity index (χ1) is 13.8. The second-order valence-corrected chi connectivity index (χ2v) is 8.57. The predicted molar refractivity (Wildman–Crippen MR) is 108 cm³/mol. The number of para-hydroxylation sites is 2. The highest BCUT2D eigenvalue weighted by atomic mass is 32.2. The zero-order chi connectivity index (χ0) is 21.0. The van der Waals surface area contributed by atoms with Crippen LogP contribution in [0.4, 0.5) is 11.4 Å². The van der Waals surface area contributed by atoms with Crippen molar-refractivity contribution >= 4 is 33.0 Å². The zero-order valence-electron chi connectivity index (χ0n) is 16.2. The first-order valence-electron chi connectivity index (χ1n) is 9.12. The zero-order valence-corrected chi connectivity index (χ0v) is 17.0. The number of ether oxygens (including phenoxy) is 2. The average molecular weight is 418 g/mol. The van der Waals surface area contributed by atoms with Crippen molar-refractivity contribution in [3.63, 3.8) is 0 Å². The molecule has 2 aromatic carbocycles. The smallest absolute Gasteiger partial charge is 0.262 e. The Bertz CT molecular complexity index is 1050. The van der Waals surface area contributed by atoms with Crippen molar-refractivity contribution in [1.82, 2.24) is 0 Å². The van der Waals surface area contributed by atoms with Gasteiger partial charge in [-0.1, -0.05) is 12.1 Å². The van der Waals surface area contributed by atoms with Gasteiger partial charge in [0.2, 0.25) is 5.91 Å². The van der Waals surface area contributed by atoms with Crippen LogP contribution in [-0.4, -0.2) is 39.2 Å². The van der Waals surface area contributed by atoms with Gasteiger partial charge in [0.1, 0.15) is 11.5 Å². The van der Waals surface area contributed by atoms with Gasteiger partial charge in [-0.2, -0.15) is 0 Å². The molecule has 3 rings (SSSR count). The number of hydrogen-bond acceptors (Lipinski definition) is 6. The first kappa shape index (κ1) is 20.7. The molecule has 2 aromatic rings. The molecule has 0 saturated heterocycles. The number of benzene rings is 2. The highest BCUT2D eigenvalue weighted by Gasteiger charge is 2.24. The summed E-state index contributed by atoms with van der Waals surface area (Å²) in [5.74, 6) is -0.266. The summed E-state index contributed by atoms with van der Waals surface area (Å²) in [5.41, 5.74) is 1.39. The second-order valence-electron chi connectivity index (χ2n) is 6.50. The number of nitrogens with one attached hydrogen (secondary N) is 2. The van der Waals surface area contributed by atoms with Crippen LogP contribution in [0.5, 0.6) is 11.5 Å². The second kappa shape index (κ2) is 8.52. The van der Waals surface area contributed by atoms with E-state index in [1.807, 2.05) is 6.92 Å². The molecule has 154 valence electrons. The first-order valence-corrected chi connectivity index (χ1v) is 10.8. The average Bonchev–Trinajstić information content (AvgIpc) is 2.67. The quantitative estimate of drug-likeness (QED) is 0.715. The molecule has 0 aliphatic carbocycles. The third-order valence-corrected chi connectivity index (χ3v) is 6.16. The maximum absolute atomic E-state index is 12.8. The molecular weight excluding hydrogens is 396 g/mol. The molecule has 0 fully saturated rings. The summed E-state index contributed by atoms with van der Waals surface area (Å²) in [4.78, 5) is 23.8. The molecule has 0 saturated carbocycles. The van der Waals surface area contributed by atoms with Gasteiger partial charge in [-0.3, -0.25) is 9.59 Å². The minimum Gasteiger partial charge on any atom is -0.492 e. The fourth-order valence-corrected chi connectivity index (χ4v) is 4.46. The maximum atomic E-state index is 12.8. The highest BCUT2D eigenvalue weighted by Crippen LogP contribution is 2.33. The van der Waals surface area contributed by atoms with Gasteiger partial charge in [0, 0.05) is 12.5 Å². The molecule has 1 aliphatic rings. The van der Waals surface area contributed by atoms with Crippen LogP contribution in [0.1, 0.15) is 18.9 Å². The van der Waals surface area contributed by atoms with Crippen molar-refractivity contribution in [2.24, 2.45) is 0 Å². The molecule has 0 unspecified atom stereocenters. The lowest BCUT2D eigenvalue weighted by molar-refractivity contribution is -0.118. The van der Waals surface area contributed by atoms with E-state index < -0.39 is 15.7 Å². The maximum Gasteiger partial charge on any atom is 0.262 e. The van der Waals surface area contributed by atoms with Crippen molar-refractivity contribution in [1.29, 1.82) is 0 Å². The summed E-state index contributed by atoms with van der Waals surface area (Å²) < 4.78 is 36.3. The number of amides is 2. The van der Waals surface area contributed by atoms with Crippen LogP contribution in [0.15, 0.2) is 41.3 Å². The Hall–Kier alpha value is -3.07. The Morgan fingerprint density at radius 1 is 1.28 bits per heavy atom. The van der Waals surface area contributed by atoms with Crippen LogP contribution in [0.2, 0.25) is 0 Å². The Morgan fingerprint density at radius 2 is 2.03 bits per heavy atom. The van der Waals surface area contributed by atoms with Gasteiger partial charge in [0.15, 0.2) is 16.4 Å². The van der Waals surface area contributed by atoms with Crippen LogP contribution in [-0.2, 0) is 19.4 Å². The van der Waals surface area contributed by atoms with Gasteiger partial charge in [0.25, 0.3) is 5.91 Å². The molecule has 1 heterocycles. The number of aryl methyl sites for hydroxylation is 1. The number of rotatable bonds is 7. The van der Waals surface area contributed by atoms with E-state index in [4.69, 9.17) is 9.47 Å². The van der Waals surface area contributed by atoms with E-state index in [0.29, 0.717) is 35.0 Å². The van der Waals surface area contributed by atoms with E-state index in [-0.39, 0.29) is 29.6 Å². The number of carbonyl (C=O) groups excluding carboxylic acids is 2. The summed E-state index contributed by atoms with van der Waals surface area (Å²) in [6, 6.07) is 9.90. The summed E-state index contributed by atoms with van der Waals surface area (Å²) in [7, 11) is -3.73. The lowest BCUT2D eigenvalue weighted by atomic mass is 10.2. The van der Waals surface area contributed by atoms with Crippen LogP contribution >= 0.6 is 0 Å². The van der Waals surface area contributed by atoms with E-state index in [2.05, 4.69) is 10.6 Å². The SMILES string of the molecule is CCOc1ccccc1NC(=O)CCS(=O)(=O)c1cc2c(cc1C)NC(=O)CO2. The van der Waals surface area contributed by atoms with Crippen molar-refractivity contribution in [3.05, 3.63) is 42.0 Å². The Balaban J connectivity index is 1.70. The molecule has 8 nitrogen and oxygen atoms in total. The fraction of sp³-hybridized carbons (Fsp3) is 0.300. The number of carbonyl (C=O) groups is 2. The molecule has 9 heteroatoms. The summed E-state index contributed by atoms with van der Waals surface area (Å²) in [5, 5.41) is 5.33. The largest absolute Gasteiger partial charge is 0.492 e. The van der Waals surface area contributed by atoms with Gasteiger partial charge < -0.3 is 20.1 Å². The minimum atomic E-state index is -3.73. The Morgan fingerprint density at radius 3 is 2.79 bits per heavy atom. The minimum absolute atomic E-state index is 0.0786. The summed E-state index contributed by atoms with van der Waals surface area (Å²) in [6.07, 6.45) is -0.211. The topological polar surface area (TPSA) is 111 Å². The van der Waals surface area contributed by atoms with Gasteiger partial charge >= 0.3 is 0 Å². The van der Waals surface area contributed by atoms with Gasteiger partial charge in [-0.05, 0) is 37.6 Å². The Labute approximate surface area is 169 Å². The molecule has 2 N–H and O–H groups in total. The molecule has 0 spiro atoms. The lowest BCUT2D eigenvalue weighted by Crippen LogP contribution is -2.26. The van der Waals surface area contributed by atoms with E-state index in [1.165, 1.54) is 6.07 Å². The number of fused-ring (bicyclic) bond motifs is 1. The van der Waals surface area contributed by atoms with Gasteiger partial charge in [0.05, 0.1) is 28.6 Å². The monoisotopic (exact) mass is 418 g/mol. The lowest BCUT2D eigenvalue weighted by Gasteiger charge is -2.20. The predicted octanol–water partition coefficient (Wildman–Crippen LogP) is 2.53. The highest BCUT2D eigenvalue weighted by molar-refractivity contribution is 7.91. The van der Waals surface area contributed by atoms with Crippen molar-refractivity contribution in [3.8, 4) is 11.5 Å². The molecule has 0 radical (unpaired) electrons. The molecule has 29 heavy (non-hydrogen) atoms. The van der Waals surface area contributed by atoms with Gasteiger partial charge in [-0.25, -0.2) is 8.42 Å². The summed E-state index contributed by atoms with van der Waals surface area (Å²) >= 11 is 0. The van der Waals surface area contributed by atoms with Gasteiger partial charge in [-0.15, -0.1) is 0 Å². The van der Waals surface area contributed by atoms with Crippen LogP contribution in [0, 0.1) is 6.92 Å². The molecule has 1 aliphatic heterocycles. The molecule has 0 aromatic heterocycles.